The predicted octanol–water partition coefficient (Wildman–Crippen LogP) is 4.12. The van der Waals surface area contributed by atoms with Gasteiger partial charge in [0.25, 0.3) is 0 Å². The first-order valence-corrected chi connectivity index (χ1v) is 9.64. The van der Waals surface area contributed by atoms with Gasteiger partial charge in [-0.2, -0.15) is 0 Å². The third-order valence-electron chi connectivity index (χ3n) is 5.05. The first kappa shape index (κ1) is 16.5. The Hall–Kier alpha value is -1.92. The molecule has 0 unspecified atom stereocenters. The fourth-order valence-electron chi connectivity index (χ4n) is 3.62. The number of furan rings is 1. The van der Waals surface area contributed by atoms with Crippen LogP contribution in [0, 0.1) is 5.92 Å². The average molecular weight is 356 g/mol. The monoisotopic (exact) mass is 356 g/mol. The Labute approximate surface area is 152 Å². The van der Waals surface area contributed by atoms with E-state index < -0.39 is 0 Å². The summed E-state index contributed by atoms with van der Waals surface area (Å²) in [6, 6.07) is 4.12. The van der Waals surface area contributed by atoms with Gasteiger partial charge in [-0.25, -0.2) is 9.97 Å². The lowest BCUT2D eigenvalue weighted by Gasteiger charge is -2.23. The molecule has 0 spiro atoms. The second-order valence-electron chi connectivity index (χ2n) is 7.13. The van der Waals surface area contributed by atoms with E-state index in [-0.39, 0.29) is 6.04 Å². The molecule has 0 aliphatic heterocycles. The number of fused-ring (bicyclic) bond motifs is 3. The molecule has 132 valence electrons. The van der Waals surface area contributed by atoms with E-state index in [1.54, 1.807) is 12.6 Å². The molecule has 1 aliphatic rings. The minimum Gasteiger partial charge on any atom is -0.468 e. The topological polar surface area (TPSA) is 54.2 Å². The van der Waals surface area contributed by atoms with Gasteiger partial charge in [0.05, 0.1) is 17.7 Å². The highest BCUT2D eigenvalue weighted by molar-refractivity contribution is 7.19. The van der Waals surface area contributed by atoms with Gasteiger partial charge in [0.1, 0.15) is 22.7 Å². The molecule has 3 heterocycles. The van der Waals surface area contributed by atoms with Crippen LogP contribution in [-0.2, 0) is 12.8 Å². The highest BCUT2D eigenvalue weighted by Gasteiger charge is 2.24. The number of hydrogen-bond acceptors (Lipinski definition) is 6. The van der Waals surface area contributed by atoms with Gasteiger partial charge in [-0.3, -0.25) is 4.90 Å². The quantitative estimate of drug-likeness (QED) is 0.745. The van der Waals surface area contributed by atoms with Crippen LogP contribution in [0.5, 0.6) is 0 Å². The zero-order chi connectivity index (χ0) is 17.4. The van der Waals surface area contributed by atoms with Crippen molar-refractivity contribution in [1.82, 2.24) is 14.9 Å². The molecule has 0 saturated heterocycles. The molecule has 2 atom stereocenters. The van der Waals surface area contributed by atoms with Crippen molar-refractivity contribution in [3.05, 3.63) is 40.9 Å². The van der Waals surface area contributed by atoms with Crippen LogP contribution in [0.3, 0.4) is 0 Å². The highest BCUT2D eigenvalue weighted by Crippen LogP contribution is 2.39. The first-order valence-electron chi connectivity index (χ1n) is 8.82. The van der Waals surface area contributed by atoms with Crippen LogP contribution in [0.25, 0.3) is 10.2 Å². The average Bonchev–Trinajstić information content (AvgIpc) is 3.21. The predicted molar refractivity (Wildman–Crippen MR) is 102 cm³/mol. The molecule has 3 aromatic rings. The summed E-state index contributed by atoms with van der Waals surface area (Å²) in [7, 11) is 4.14. The number of aromatic nitrogens is 2. The first-order chi connectivity index (χ1) is 12.1. The molecule has 3 aromatic heterocycles. The highest BCUT2D eigenvalue weighted by atomic mass is 32.1. The summed E-state index contributed by atoms with van der Waals surface area (Å²) >= 11 is 1.84. The Morgan fingerprint density at radius 2 is 2.28 bits per heavy atom. The number of anilines is 1. The third kappa shape index (κ3) is 3.16. The number of likely N-dealkylation sites (N-methyl/N-ethyl adjacent to an activating group) is 1. The lowest BCUT2D eigenvalue weighted by molar-refractivity contribution is 0.269. The Morgan fingerprint density at radius 3 is 3.04 bits per heavy atom. The maximum Gasteiger partial charge on any atom is 0.138 e. The SMILES string of the molecule is C[C@H]1CCc2c(sc3ncnc(NC[C@H](c4ccco4)N(C)C)c23)C1. The van der Waals surface area contributed by atoms with Gasteiger partial charge in [0.15, 0.2) is 0 Å². The molecule has 25 heavy (non-hydrogen) atoms. The smallest absolute Gasteiger partial charge is 0.138 e. The summed E-state index contributed by atoms with van der Waals surface area (Å²) in [5.41, 5.74) is 1.46. The maximum absolute atomic E-state index is 5.61. The van der Waals surface area contributed by atoms with Crippen LogP contribution >= 0.6 is 11.3 Å². The fraction of sp³-hybridized carbons (Fsp3) is 0.474. The van der Waals surface area contributed by atoms with Gasteiger partial charge >= 0.3 is 0 Å². The van der Waals surface area contributed by atoms with E-state index in [4.69, 9.17) is 4.42 Å². The molecule has 0 amide bonds. The zero-order valence-corrected chi connectivity index (χ0v) is 15.8. The van der Waals surface area contributed by atoms with Gasteiger partial charge in [-0.1, -0.05) is 6.92 Å². The number of nitrogens with one attached hydrogen (secondary N) is 1. The lowest BCUT2D eigenvalue weighted by Crippen LogP contribution is -2.26. The standard InChI is InChI=1S/C19H24N4OS/c1-12-6-7-13-16(9-12)25-19-17(13)18(21-11-22-19)20-10-14(23(2)3)15-5-4-8-24-15/h4-5,8,11-12,14H,6-7,9-10H2,1-3H3,(H,20,21,22)/t12-,14+/m0/s1. The van der Waals surface area contributed by atoms with E-state index in [0.29, 0.717) is 0 Å². The van der Waals surface area contributed by atoms with Crippen LogP contribution in [-0.4, -0.2) is 35.5 Å². The van der Waals surface area contributed by atoms with Crippen molar-refractivity contribution >= 4 is 27.4 Å². The summed E-state index contributed by atoms with van der Waals surface area (Å²) in [5.74, 6) is 2.68. The van der Waals surface area contributed by atoms with E-state index >= 15 is 0 Å². The number of thiophene rings is 1. The largest absolute Gasteiger partial charge is 0.468 e. The Kier molecular flexibility index (Phi) is 4.48. The van der Waals surface area contributed by atoms with E-state index in [1.165, 1.54) is 28.7 Å². The maximum atomic E-state index is 5.61. The fourth-order valence-corrected chi connectivity index (χ4v) is 4.97. The minimum atomic E-state index is 0.162. The van der Waals surface area contributed by atoms with Crippen molar-refractivity contribution in [3.8, 4) is 0 Å². The van der Waals surface area contributed by atoms with Crippen molar-refractivity contribution in [1.29, 1.82) is 0 Å². The normalized spacial score (nSPS) is 18.5. The van der Waals surface area contributed by atoms with E-state index in [9.17, 15) is 0 Å². The van der Waals surface area contributed by atoms with E-state index in [1.807, 2.05) is 23.5 Å². The summed E-state index contributed by atoms with van der Waals surface area (Å²) in [5, 5.41) is 4.79. The molecule has 5 nitrogen and oxygen atoms in total. The molecule has 1 N–H and O–H groups in total. The van der Waals surface area contributed by atoms with Crippen LogP contribution in [0.1, 0.15) is 35.6 Å². The summed E-state index contributed by atoms with van der Waals surface area (Å²) < 4.78 is 5.61. The van der Waals surface area contributed by atoms with Gasteiger partial charge in [-0.05, 0) is 57.0 Å². The Morgan fingerprint density at radius 1 is 1.40 bits per heavy atom. The molecule has 0 bridgehead atoms. The van der Waals surface area contributed by atoms with Crippen LogP contribution in [0.2, 0.25) is 0 Å². The number of nitrogens with zero attached hydrogens (tertiary/aromatic N) is 3. The summed E-state index contributed by atoms with van der Waals surface area (Å²) in [6.07, 6.45) is 6.95. The summed E-state index contributed by atoms with van der Waals surface area (Å²) in [6.45, 7) is 3.08. The zero-order valence-electron chi connectivity index (χ0n) is 15.0. The second-order valence-corrected chi connectivity index (χ2v) is 8.21. The van der Waals surface area contributed by atoms with Crippen LogP contribution in [0.15, 0.2) is 29.1 Å². The van der Waals surface area contributed by atoms with Gasteiger partial charge in [0.2, 0.25) is 0 Å². The number of aryl methyl sites for hydroxylation is 1. The lowest BCUT2D eigenvalue weighted by atomic mass is 9.89. The van der Waals surface area contributed by atoms with Crippen molar-refractivity contribution in [2.75, 3.05) is 26.0 Å². The molecule has 6 heteroatoms. The van der Waals surface area contributed by atoms with Gasteiger partial charge < -0.3 is 9.73 Å². The minimum absolute atomic E-state index is 0.162. The molecule has 4 rings (SSSR count). The van der Waals surface area contributed by atoms with Crippen molar-refractivity contribution < 1.29 is 4.42 Å². The molecular formula is C19H24N4OS. The molecule has 0 saturated carbocycles. The molecule has 0 radical (unpaired) electrons. The van der Waals surface area contributed by atoms with E-state index in [2.05, 4.69) is 41.2 Å². The third-order valence-corrected chi connectivity index (χ3v) is 6.21. The van der Waals surface area contributed by atoms with Crippen molar-refractivity contribution in [2.45, 2.75) is 32.2 Å². The molecule has 0 aromatic carbocycles. The van der Waals surface area contributed by atoms with Crippen molar-refractivity contribution in [3.63, 3.8) is 0 Å². The van der Waals surface area contributed by atoms with Crippen LogP contribution < -0.4 is 5.32 Å². The number of rotatable bonds is 5. The Bertz CT molecular complexity index is 856. The van der Waals surface area contributed by atoms with Crippen LogP contribution in [0.4, 0.5) is 5.82 Å². The molecule has 1 aliphatic carbocycles. The molecular weight excluding hydrogens is 332 g/mol. The van der Waals surface area contributed by atoms with Crippen molar-refractivity contribution in [2.24, 2.45) is 5.92 Å². The Balaban J connectivity index is 1.63. The summed E-state index contributed by atoms with van der Waals surface area (Å²) in [4.78, 5) is 13.8. The van der Waals surface area contributed by atoms with Gasteiger partial charge in [-0.15, -0.1) is 11.3 Å². The second kappa shape index (κ2) is 6.77. The number of hydrogen-bond donors (Lipinski definition) is 1. The van der Waals surface area contributed by atoms with Gasteiger partial charge in [0, 0.05) is 11.4 Å². The van der Waals surface area contributed by atoms with E-state index in [0.717, 1.165) is 35.3 Å². The molecule has 0 fully saturated rings.